The van der Waals surface area contributed by atoms with Gasteiger partial charge in [-0.05, 0) is 12.0 Å². The topological polar surface area (TPSA) is 0 Å². The van der Waals surface area contributed by atoms with Crippen LogP contribution in [0, 0.1) is 0 Å². The van der Waals surface area contributed by atoms with E-state index in [2.05, 4.69) is 0 Å². The lowest BCUT2D eigenvalue weighted by Crippen LogP contribution is -2.77. The lowest BCUT2D eigenvalue weighted by atomic mass is 9.80. The molecule has 0 radical (unpaired) electrons. The van der Waals surface area contributed by atoms with E-state index in [1.165, 1.54) is 0 Å². The molecule has 1 aromatic carbocycles. The SMILES string of the molecule is ClC1C(Cl)(Cl)C(Cl)(Cl)C(Cl)(Cl)C(Cl)(Cl)C1(Cl)Cc1ccccc1. The first-order valence-corrected chi connectivity index (χ1v) is 9.95. The normalized spacial score (nSPS) is 34.1. The fourth-order valence-corrected chi connectivity index (χ4v) is 6.48. The zero-order chi connectivity index (χ0) is 17.9. The molecule has 10 heteroatoms. The molecular formula is C13H8Cl10. The first kappa shape index (κ1) is 21.4. The van der Waals surface area contributed by atoms with Crippen LogP contribution < -0.4 is 0 Å². The van der Waals surface area contributed by atoms with Crippen molar-refractivity contribution in [2.75, 3.05) is 0 Å². The molecule has 0 aromatic heterocycles. The van der Waals surface area contributed by atoms with E-state index in [9.17, 15) is 0 Å². The molecule has 1 saturated carbocycles. The molecular weight excluding hydrogens is 511 g/mol. The number of rotatable bonds is 2. The van der Waals surface area contributed by atoms with Crippen molar-refractivity contribution in [2.24, 2.45) is 0 Å². The Kier molecular flexibility index (Phi) is 6.17. The van der Waals surface area contributed by atoms with Gasteiger partial charge in [-0.1, -0.05) is 123 Å². The van der Waals surface area contributed by atoms with Crippen LogP contribution in [0.25, 0.3) is 0 Å². The Balaban J connectivity index is 2.62. The third kappa shape index (κ3) is 2.96. The summed E-state index contributed by atoms with van der Waals surface area (Å²) in [5, 5.41) is -1.28. The molecule has 1 fully saturated rings. The molecule has 1 aliphatic rings. The van der Waals surface area contributed by atoms with E-state index in [1.54, 1.807) is 12.1 Å². The smallest absolute Gasteiger partial charge is 0.118 e. The number of hydrogen-bond donors (Lipinski definition) is 0. The first-order chi connectivity index (χ1) is 10.2. The van der Waals surface area contributed by atoms with Gasteiger partial charge in [0.25, 0.3) is 0 Å². The highest BCUT2D eigenvalue weighted by molar-refractivity contribution is 6.77. The van der Waals surface area contributed by atoms with E-state index in [4.69, 9.17) is 116 Å². The van der Waals surface area contributed by atoms with Crippen LogP contribution in [0.3, 0.4) is 0 Å². The fraction of sp³-hybridized carbons (Fsp3) is 0.538. The molecule has 0 nitrogen and oxygen atoms in total. The van der Waals surface area contributed by atoms with Crippen molar-refractivity contribution in [1.29, 1.82) is 0 Å². The molecule has 23 heavy (non-hydrogen) atoms. The summed E-state index contributed by atoms with van der Waals surface area (Å²) < 4.78 is -8.54. The number of alkyl halides is 10. The molecule has 0 heterocycles. The van der Waals surface area contributed by atoms with Gasteiger partial charge in [0.05, 0.1) is 5.38 Å². The van der Waals surface area contributed by atoms with Crippen LogP contribution in [0.2, 0.25) is 0 Å². The van der Waals surface area contributed by atoms with Crippen molar-refractivity contribution >= 4 is 116 Å². The minimum absolute atomic E-state index is 0.0722. The van der Waals surface area contributed by atoms with Crippen molar-refractivity contribution in [3.8, 4) is 0 Å². The van der Waals surface area contributed by atoms with Crippen LogP contribution in [-0.4, -0.2) is 27.6 Å². The highest BCUT2D eigenvalue weighted by Gasteiger charge is 2.82. The van der Waals surface area contributed by atoms with Gasteiger partial charge in [-0.3, -0.25) is 0 Å². The number of halogens is 10. The van der Waals surface area contributed by atoms with Crippen molar-refractivity contribution in [2.45, 2.75) is 34.0 Å². The van der Waals surface area contributed by atoms with Gasteiger partial charge in [0.2, 0.25) is 0 Å². The summed E-state index contributed by atoms with van der Waals surface area (Å²) in [6.45, 7) is 0. The Morgan fingerprint density at radius 1 is 0.696 bits per heavy atom. The summed E-state index contributed by atoms with van der Waals surface area (Å²) >= 11 is 63.5. The first-order valence-electron chi connectivity index (χ1n) is 6.11. The molecule has 1 aromatic rings. The van der Waals surface area contributed by atoms with Gasteiger partial charge >= 0.3 is 0 Å². The van der Waals surface area contributed by atoms with Gasteiger partial charge < -0.3 is 0 Å². The Morgan fingerprint density at radius 3 is 1.65 bits per heavy atom. The Labute approximate surface area is 184 Å². The van der Waals surface area contributed by atoms with E-state index in [0.29, 0.717) is 0 Å². The van der Waals surface area contributed by atoms with Crippen LogP contribution in [-0.2, 0) is 6.42 Å². The molecule has 0 saturated heterocycles. The second-order valence-electron chi connectivity index (χ2n) is 5.23. The van der Waals surface area contributed by atoms with Crippen LogP contribution >= 0.6 is 116 Å². The second kappa shape index (κ2) is 6.62. The van der Waals surface area contributed by atoms with Gasteiger partial charge in [0.15, 0.2) is 17.3 Å². The van der Waals surface area contributed by atoms with Crippen LogP contribution in [0.1, 0.15) is 5.56 Å². The fourth-order valence-electron chi connectivity index (χ4n) is 2.37. The maximum Gasteiger partial charge on any atom is 0.188 e. The molecule has 0 N–H and O–H groups in total. The quantitative estimate of drug-likeness (QED) is 0.355. The van der Waals surface area contributed by atoms with Gasteiger partial charge in [0, 0.05) is 0 Å². The monoisotopic (exact) mass is 514 g/mol. The zero-order valence-corrected chi connectivity index (χ0v) is 18.5. The number of hydrogen-bond acceptors (Lipinski definition) is 0. The molecule has 0 aliphatic heterocycles. The lowest BCUT2D eigenvalue weighted by Gasteiger charge is -2.60. The Hall–Kier alpha value is 2.12. The third-order valence-electron chi connectivity index (χ3n) is 3.75. The van der Waals surface area contributed by atoms with Crippen molar-refractivity contribution in [3.05, 3.63) is 35.9 Å². The van der Waals surface area contributed by atoms with Crippen LogP contribution in [0.5, 0.6) is 0 Å². The maximum absolute atomic E-state index is 6.70. The van der Waals surface area contributed by atoms with Gasteiger partial charge in [-0.2, -0.15) is 0 Å². The number of benzene rings is 1. The molecule has 0 bridgehead atoms. The summed E-state index contributed by atoms with van der Waals surface area (Å²) in [4.78, 5) is -1.67. The Morgan fingerprint density at radius 2 is 1.17 bits per heavy atom. The highest BCUT2D eigenvalue weighted by atomic mass is 35.6. The predicted molar refractivity (Wildman–Crippen MR) is 106 cm³/mol. The van der Waals surface area contributed by atoms with Crippen molar-refractivity contribution < 1.29 is 0 Å². The lowest BCUT2D eigenvalue weighted by molar-refractivity contribution is 0.324. The summed E-state index contributed by atoms with van der Waals surface area (Å²) in [6, 6.07) is 9.05. The van der Waals surface area contributed by atoms with E-state index >= 15 is 0 Å². The average molecular weight is 519 g/mol. The summed E-state index contributed by atoms with van der Waals surface area (Å²) in [6.07, 6.45) is 0.0722. The van der Waals surface area contributed by atoms with E-state index in [-0.39, 0.29) is 6.42 Å². The van der Waals surface area contributed by atoms with Crippen molar-refractivity contribution in [1.82, 2.24) is 0 Å². The highest BCUT2D eigenvalue weighted by Crippen LogP contribution is 2.72. The molecule has 2 atom stereocenters. The summed E-state index contributed by atoms with van der Waals surface area (Å²) in [5.74, 6) is 0. The average Bonchev–Trinajstić information content (AvgIpc) is 2.45. The molecule has 130 valence electrons. The van der Waals surface area contributed by atoms with Crippen LogP contribution in [0.15, 0.2) is 30.3 Å². The summed E-state index contributed by atoms with van der Waals surface area (Å²) in [5.41, 5.74) is 0.767. The van der Waals surface area contributed by atoms with Crippen molar-refractivity contribution in [3.63, 3.8) is 0 Å². The van der Waals surface area contributed by atoms with Crippen LogP contribution in [0.4, 0.5) is 0 Å². The summed E-state index contributed by atoms with van der Waals surface area (Å²) in [7, 11) is 0. The maximum atomic E-state index is 6.70. The molecule has 0 amide bonds. The van der Waals surface area contributed by atoms with E-state index in [1.807, 2.05) is 18.2 Å². The molecule has 0 spiro atoms. The second-order valence-corrected chi connectivity index (χ2v) is 11.7. The molecule has 1 aliphatic carbocycles. The third-order valence-corrected chi connectivity index (χ3v) is 11.3. The largest absolute Gasteiger partial charge is 0.188 e. The minimum Gasteiger partial charge on any atom is -0.118 e. The predicted octanol–water partition coefficient (Wildman–Crippen LogP) is 7.52. The molecule has 2 rings (SSSR count). The molecule has 2 unspecified atom stereocenters. The standard InChI is InChI=1S/C13H8Cl10/c14-8-9(15,6-7-4-2-1-3-5-7)11(18,19)13(22,23)12(20,21)10(8,16)17/h1-5,8H,6H2. The van der Waals surface area contributed by atoms with E-state index < -0.39 is 27.6 Å². The minimum atomic E-state index is -2.22. The van der Waals surface area contributed by atoms with Gasteiger partial charge in [-0.15, -0.1) is 23.2 Å². The van der Waals surface area contributed by atoms with E-state index in [0.717, 1.165) is 5.56 Å². The zero-order valence-electron chi connectivity index (χ0n) is 11.0. The Bertz CT molecular complexity index is 582. The van der Waals surface area contributed by atoms with Gasteiger partial charge in [0.1, 0.15) is 4.87 Å². The van der Waals surface area contributed by atoms with Gasteiger partial charge in [-0.25, -0.2) is 0 Å².